The maximum absolute atomic E-state index is 13.7. The summed E-state index contributed by atoms with van der Waals surface area (Å²) in [5, 5.41) is 39.8. The largest absolute Gasteiger partial charge is 0.508 e. The third-order valence-corrected chi connectivity index (χ3v) is 8.03. The number of carbonyl (C=O) groups excluding carboxylic acids is 5. The standard InChI is InChI=1S/C33H52N6O9/c1-17(2)14-23(34)29(43)38-27(20(6)40)32(46)39-13-7-8-26(39)31(45)36-24(16-21-9-11-22(41)12-10-21)30(44)35-19(5)28(42)37-25(33(47)48)15-18(3)4/h9-12,17-20,23-27,40-41H,7-8,13-16,34H2,1-6H3,(H,35,44)(H,36,45)(H,37,42)(H,38,43)(H,47,48)/t19-,20+,23-,24-,25-,26-,27-/m0/s1. The number of benzene rings is 1. The van der Waals surface area contributed by atoms with E-state index >= 15 is 0 Å². The van der Waals surface area contributed by atoms with E-state index in [1.165, 1.54) is 30.9 Å². The molecule has 2 rings (SSSR count). The van der Waals surface area contributed by atoms with Crippen molar-refractivity contribution in [3.05, 3.63) is 29.8 Å². The normalized spacial score (nSPS) is 18.3. The fourth-order valence-corrected chi connectivity index (χ4v) is 5.46. The van der Waals surface area contributed by atoms with Crippen molar-refractivity contribution in [1.29, 1.82) is 0 Å². The molecule has 1 aliphatic heterocycles. The third kappa shape index (κ3) is 12.1. The Balaban J connectivity index is 2.24. The van der Waals surface area contributed by atoms with Gasteiger partial charge in [0.2, 0.25) is 29.5 Å². The highest BCUT2D eigenvalue weighted by Crippen LogP contribution is 2.20. The molecular formula is C33H52N6O9. The Bertz CT molecular complexity index is 1290. The number of nitrogens with two attached hydrogens (primary N) is 1. The molecule has 0 unspecified atom stereocenters. The highest BCUT2D eigenvalue weighted by atomic mass is 16.4. The number of carboxylic acids is 1. The van der Waals surface area contributed by atoms with Gasteiger partial charge >= 0.3 is 5.97 Å². The van der Waals surface area contributed by atoms with Crippen LogP contribution in [0.15, 0.2) is 24.3 Å². The molecule has 15 nitrogen and oxygen atoms in total. The molecule has 1 aromatic rings. The van der Waals surface area contributed by atoms with E-state index in [1.54, 1.807) is 12.1 Å². The van der Waals surface area contributed by atoms with Crippen LogP contribution < -0.4 is 27.0 Å². The second kappa shape index (κ2) is 18.3. The van der Waals surface area contributed by atoms with Gasteiger partial charge < -0.3 is 47.2 Å². The van der Waals surface area contributed by atoms with Crippen LogP contribution in [0, 0.1) is 11.8 Å². The number of rotatable bonds is 17. The Hall–Kier alpha value is -4.24. The molecule has 0 aromatic heterocycles. The molecule has 0 spiro atoms. The summed E-state index contributed by atoms with van der Waals surface area (Å²) in [6.45, 7) is 10.3. The summed E-state index contributed by atoms with van der Waals surface area (Å²) >= 11 is 0. The Morgan fingerprint density at radius 1 is 0.833 bits per heavy atom. The number of carbonyl (C=O) groups is 6. The smallest absolute Gasteiger partial charge is 0.326 e. The number of phenols is 1. The van der Waals surface area contributed by atoms with Crippen molar-refractivity contribution in [3.8, 4) is 5.75 Å². The summed E-state index contributed by atoms with van der Waals surface area (Å²) < 4.78 is 0. The van der Waals surface area contributed by atoms with E-state index in [4.69, 9.17) is 5.73 Å². The predicted octanol–water partition coefficient (Wildman–Crippen LogP) is -0.230. The lowest BCUT2D eigenvalue weighted by molar-refractivity contribution is -0.144. The molecule has 5 amide bonds. The molecule has 268 valence electrons. The Morgan fingerprint density at radius 3 is 1.98 bits per heavy atom. The zero-order valence-electron chi connectivity index (χ0n) is 28.6. The molecule has 1 heterocycles. The topological polar surface area (TPSA) is 240 Å². The molecule has 0 aliphatic carbocycles. The summed E-state index contributed by atoms with van der Waals surface area (Å²) in [6.07, 6.45) is -0.0859. The second-order valence-electron chi connectivity index (χ2n) is 13.3. The summed E-state index contributed by atoms with van der Waals surface area (Å²) in [5.41, 5.74) is 6.55. The van der Waals surface area contributed by atoms with Gasteiger partial charge in [0, 0.05) is 13.0 Å². The molecule has 1 aliphatic rings. The molecule has 1 aromatic carbocycles. The minimum Gasteiger partial charge on any atom is -0.508 e. The average Bonchev–Trinajstić information content (AvgIpc) is 3.49. The molecule has 7 atom stereocenters. The lowest BCUT2D eigenvalue weighted by atomic mass is 10.0. The van der Waals surface area contributed by atoms with Crippen LogP contribution in [0.1, 0.15) is 72.8 Å². The van der Waals surface area contributed by atoms with Gasteiger partial charge in [-0.2, -0.15) is 0 Å². The zero-order valence-corrected chi connectivity index (χ0v) is 28.6. The molecule has 9 N–H and O–H groups in total. The van der Waals surface area contributed by atoms with Gasteiger partial charge in [-0.25, -0.2) is 4.79 Å². The molecule has 0 saturated carbocycles. The van der Waals surface area contributed by atoms with Crippen molar-refractivity contribution in [1.82, 2.24) is 26.2 Å². The Morgan fingerprint density at radius 2 is 1.44 bits per heavy atom. The minimum absolute atomic E-state index is 0.00603. The molecule has 0 bridgehead atoms. The predicted molar refractivity (Wildman–Crippen MR) is 176 cm³/mol. The van der Waals surface area contributed by atoms with E-state index in [-0.39, 0.29) is 43.4 Å². The van der Waals surface area contributed by atoms with Crippen LogP contribution in [0.5, 0.6) is 5.75 Å². The Kier molecular flexibility index (Phi) is 15.3. The number of phenolic OH excluding ortho intramolecular Hbond substituents is 1. The Labute approximate surface area is 281 Å². The molecule has 1 saturated heterocycles. The van der Waals surface area contributed by atoms with E-state index < -0.39 is 77.9 Å². The van der Waals surface area contributed by atoms with Gasteiger partial charge in [0.05, 0.1) is 12.1 Å². The van der Waals surface area contributed by atoms with Crippen molar-refractivity contribution in [2.45, 2.75) is 116 Å². The van der Waals surface area contributed by atoms with Gasteiger partial charge in [-0.3, -0.25) is 24.0 Å². The maximum atomic E-state index is 13.7. The van der Waals surface area contributed by atoms with Crippen LogP contribution in [0.3, 0.4) is 0 Å². The van der Waals surface area contributed by atoms with Crippen LogP contribution in [0.25, 0.3) is 0 Å². The highest BCUT2D eigenvalue weighted by molar-refractivity contribution is 5.96. The summed E-state index contributed by atoms with van der Waals surface area (Å²) in [5.74, 6) is -4.51. The molecule has 48 heavy (non-hydrogen) atoms. The van der Waals surface area contributed by atoms with Gasteiger partial charge in [-0.05, 0) is 69.1 Å². The van der Waals surface area contributed by atoms with Gasteiger partial charge in [0.1, 0.15) is 36.0 Å². The number of nitrogens with zero attached hydrogens (tertiary/aromatic N) is 1. The third-order valence-electron chi connectivity index (χ3n) is 8.03. The number of amides is 5. The maximum Gasteiger partial charge on any atom is 0.326 e. The number of aliphatic carboxylic acids is 1. The lowest BCUT2D eigenvalue weighted by Gasteiger charge is -2.31. The van der Waals surface area contributed by atoms with E-state index in [0.717, 1.165) is 0 Å². The van der Waals surface area contributed by atoms with Gasteiger partial charge in [-0.1, -0.05) is 39.8 Å². The lowest BCUT2D eigenvalue weighted by Crippen LogP contribution is -2.60. The van der Waals surface area contributed by atoms with Gasteiger partial charge in [0.15, 0.2) is 0 Å². The minimum atomic E-state index is -1.36. The number of aliphatic hydroxyl groups is 1. The van der Waals surface area contributed by atoms with Crippen molar-refractivity contribution in [3.63, 3.8) is 0 Å². The average molecular weight is 677 g/mol. The second-order valence-corrected chi connectivity index (χ2v) is 13.3. The SMILES string of the molecule is CC(C)C[C@H](NC(=O)[C@H](C)NC(=O)[C@H](Cc1ccc(O)cc1)NC(=O)[C@@H]1CCCN1C(=O)[C@@H](NC(=O)[C@@H](N)CC(C)C)[C@@H](C)O)C(=O)O. The summed E-state index contributed by atoms with van der Waals surface area (Å²) in [4.78, 5) is 79.2. The van der Waals surface area contributed by atoms with E-state index in [1.807, 2.05) is 27.7 Å². The molecule has 0 radical (unpaired) electrons. The van der Waals surface area contributed by atoms with Crippen molar-refractivity contribution >= 4 is 35.5 Å². The first-order valence-corrected chi connectivity index (χ1v) is 16.4. The summed E-state index contributed by atoms with van der Waals surface area (Å²) in [7, 11) is 0. The molecular weight excluding hydrogens is 624 g/mol. The number of carboxylic acid groups (broad SMARTS) is 1. The first-order valence-electron chi connectivity index (χ1n) is 16.4. The quantitative estimate of drug-likeness (QED) is 0.108. The molecule has 15 heteroatoms. The monoisotopic (exact) mass is 676 g/mol. The first kappa shape index (κ1) is 39.9. The van der Waals surface area contributed by atoms with Crippen LogP contribution in [-0.2, 0) is 35.2 Å². The molecule has 1 fully saturated rings. The van der Waals surface area contributed by atoms with Crippen LogP contribution in [0.4, 0.5) is 0 Å². The number of nitrogens with one attached hydrogen (secondary N) is 4. The number of hydrogen-bond acceptors (Lipinski definition) is 9. The summed E-state index contributed by atoms with van der Waals surface area (Å²) in [6, 6.07) is -0.875. The number of aromatic hydroxyl groups is 1. The zero-order chi connectivity index (χ0) is 36.3. The van der Waals surface area contributed by atoms with E-state index in [2.05, 4.69) is 21.3 Å². The fraction of sp³-hybridized carbons (Fsp3) is 0.636. The number of aliphatic hydroxyl groups excluding tert-OH is 1. The van der Waals surface area contributed by atoms with Gasteiger partial charge in [-0.15, -0.1) is 0 Å². The fourth-order valence-electron chi connectivity index (χ4n) is 5.46. The van der Waals surface area contributed by atoms with Crippen molar-refractivity contribution < 1.29 is 44.1 Å². The van der Waals surface area contributed by atoms with Gasteiger partial charge in [0.25, 0.3) is 0 Å². The van der Waals surface area contributed by atoms with E-state index in [9.17, 15) is 44.1 Å². The number of hydrogen-bond donors (Lipinski definition) is 8. The number of likely N-dealkylation sites (tertiary alicyclic amines) is 1. The van der Waals surface area contributed by atoms with Crippen LogP contribution in [-0.4, -0.2) is 105 Å². The van der Waals surface area contributed by atoms with Crippen LogP contribution >= 0.6 is 0 Å². The van der Waals surface area contributed by atoms with Crippen LogP contribution in [0.2, 0.25) is 0 Å². The highest BCUT2D eigenvalue weighted by Gasteiger charge is 2.41. The first-order chi connectivity index (χ1) is 22.4. The van der Waals surface area contributed by atoms with Crippen molar-refractivity contribution in [2.24, 2.45) is 17.6 Å². The van der Waals surface area contributed by atoms with Crippen molar-refractivity contribution in [2.75, 3.05) is 6.54 Å². The van der Waals surface area contributed by atoms with E-state index in [0.29, 0.717) is 18.4 Å².